The van der Waals surface area contributed by atoms with E-state index in [2.05, 4.69) is 59.5 Å². The number of benzene rings is 2. The third kappa shape index (κ3) is 3.30. The molecule has 0 spiro atoms. The minimum absolute atomic E-state index is 0.170. The number of carbonyl (C=O) groups is 1. The fourth-order valence-electron chi connectivity index (χ4n) is 3.62. The summed E-state index contributed by atoms with van der Waals surface area (Å²) in [7, 11) is 1.91. The Balaban J connectivity index is 1.74. The van der Waals surface area contributed by atoms with Crippen LogP contribution in [0.4, 0.5) is 0 Å². The lowest BCUT2D eigenvalue weighted by Crippen LogP contribution is -2.51. The third-order valence-corrected chi connectivity index (χ3v) is 5.08. The van der Waals surface area contributed by atoms with E-state index in [-0.39, 0.29) is 5.54 Å². The maximum absolute atomic E-state index is 11.5. The SMILES string of the molecule is CN(C=O)C1(c2ccccc2)CCN(Cc2ccccc2)CC1. The zero-order chi connectivity index (χ0) is 16.1. The van der Waals surface area contributed by atoms with Gasteiger partial charge in [0.2, 0.25) is 6.41 Å². The van der Waals surface area contributed by atoms with Crippen molar-refractivity contribution in [3.05, 3.63) is 71.8 Å². The van der Waals surface area contributed by atoms with Crippen LogP contribution in [0.1, 0.15) is 24.0 Å². The third-order valence-electron chi connectivity index (χ3n) is 5.08. The first-order chi connectivity index (χ1) is 11.2. The number of carbonyl (C=O) groups excluding carboxylic acids is 1. The van der Waals surface area contributed by atoms with Crippen molar-refractivity contribution in [1.82, 2.24) is 9.80 Å². The molecule has 0 bridgehead atoms. The Labute approximate surface area is 138 Å². The summed E-state index contributed by atoms with van der Waals surface area (Å²) in [5.74, 6) is 0. The molecule has 0 aromatic heterocycles. The number of rotatable bonds is 5. The van der Waals surface area contributed by atoms with Crippen LogP contribution in [0.2, 0.25) is 0 Å². The summed E-state index contributed by atoms with van der Waals surface area (Å²) in [5, 5.41) is 0. The monoisotopic (exact) mass is 308 g/mol. The van der Waals surface area contributed by atoms with Gasteiger partial charge in [-0.15, -0.1) is 0 Å². The molecule has 120 valence electrons. The highest BCUT2D eigenvalue weighted by atomic mass is 16.1. The van der Waals surface area contributed by atoms with Gasteiger partial charge in [-0.3, -0.25) is 9.69 Å². The quantitative estimate of drug-likeness (QED) is 0.792. The van der Waals surface area contributed by atoms with Gasteiger partial charge in [0.1, 0.15) is 0 Å². The molecule has 1 aliphatic rings. The Kier molecular flexibility index (Phi) is 4.77. The van der Waals surface area contributed by atoms with Gasteiger partial charge in [0.15, 0.2) is 0 Å². The molecule has 0 unspecified atom stereocenters. The molecule has 0 N–H and O–H groups in total. The smallest absolute Gasteiger partial charge is 0.210 e. The van der Waals surface area contributed by atoms with E-state index in [1.54, 1.807) is 0 Å². The van der Waals surface area contributed by atoms with Crippen LogP contribution in [0.25, 0.3) is 0 Å². The maximum atomic E-state index is 11.5. The van der Waals surface area contributed by atoms with Crippen molar-refractivity contribution in [3.63, 3.8) is 0 Å². The molecule has 23 heavy (non-hydrogen) atoms. The van der Waals surface area contributed by atoms with Crippen LogP contribution in [-0.4, -0.2) is 36.3 Å². The van der Waals surface area contributed by atoms with Gasteiger partial charge in [-0.25, -0.2) is 0 Å². The van der Waals surface area contributed by atoms with Gasteiger partial charge in [-0.05, 0) is 24.0 Å². The van der Waals surface area contributed by atoms with Crippen LogP contribution >= 0.6 is 0 Å². The normalized spacial score (nSPS) is 17.6. The standard InChI is InChI=1S/C20H24N2O/c1-21(17-23)20(19-10-6-3-7-11-19)12-14-22(15-13-20)16-18-8-4-2-5-9-18/h2-11,17H,12-16H2,1H3. The molecule has 1 saturated heterocycles. The van der Waals surface area contributed by atoms with Crippen molar-refractivity contribution < 1.29 is 4.79 Å². The summed E-state index contributed by atoms with van der Waals surface area (Å²) >= 11 is 0. The van der Waals surface area contributed by atoms with E-state index in [0.29, 0.717) is 0 Å². The van der Waals surface area contributed by atoms with Gasteiger partial charge in [0.25, 0.3) is 0 Å². The second-order valence-corrected chi connectivity index (χ2v) is 6.38. The van der Waals surface area contributed by atoms with Crippen LogP contribution in [0.15, 0.2) is 60.7 Å². The Morgan fingerprint density at radius 2 is 1.57 bits per heavy atom. The van der Waals surface area contributed by atoms with Gasteiger partial charge in [-0.2, -0.15) is 0 Å². The largest absolute Gasteiger partial charge is 0.338 e. The first-order valence-corrected chi connectivity index (χ1v) is 8.25. The average Bonchev–Trinajstić information content (AvgIpc) is 2.63. The summed E-state index contributed by atoms with van der Waals surface area (Å²) in [4.78, 5) is 15.8. The highest BCUT2D eigenvalue weighted by molar-refractivity contribution is 5.50. The van der Waals surface area contributed by atoms with Crippen molar-refractivity contribution in [2.45, 2.75) is 24.9 Å². The maximum Gasteiger partial charge on any atom is 0.210 e. The van der Waals surface area contributed by atoms with Crippen LogP contribution in [-0.2, 0) is 16.9 Å². The summed E-state index contributed by atoms with van der Waals surface area (Å²) in [5.41, 5.74) is 2.42. The summed E-state index contributed by atoms with van der Waals surface area (Å²) in [6.07, 6.45) is 2.91. The molecule has 3 heteroatoms. The number of piperidine rings is 1. The van der Waals surface area contributed by atoms with Gasteiger partial charge >= 0.3 is 0 Å². The molecule has 2 aromatic rings. The highest BCUT2D eigenvalue weighted by Gasteiger charge is 2.39. The van der Waals surface area contributed by atoms with E-state index in [1.165, 1.54) is 11.1 Å². The number of amides is 1. The van der Waals surface area contributed by atoms with Crippen molar-refractivity contribution in [3.8, 4) is 0 Å². The number of hydrogen-bond donors (Lipinski definition) is 0. The van der Waals surface area contributed by atoms with Crippen LogP contribution in [0, 0.1) is 0 Å². The minimum atomic E-state index is -0.170. The van der Waals surface area contributed by atoms with E-state index in [0.717, 1.165) is 38.9 Å². The van der Waals surface area contributed by atoms with E-state index in [4.69, 9.17) is 0 Å². The van der Waals surface area contributed by atoms with E-state index >= 15 is 0 Å². The van der Waals surface area contributed by atoms with Gasteiger partial charge < -0.3 is 4.90 Å². The Bertz CT molecular complexity index is 619. The van der Waals surface area contributed by atoms with Gasteiger partial charge in [0, 0.05) is 26.7 Å². The molecule has 0 aliphatic carbocycles. The molecule has 1 heterocycles. The van der Waals surface area contributed by atoms with Gasteiger partial charge in [-0.1, -0.05) is 60.7 Å². The van der Waals surface area contributed by atoms with E-state index in [1.807, 2.05) is 18.0 Å². The first kappa shape index (κ1) is 15.8. The van der Waals surface area contributed by atoms with Crippen molar-refractivity contribution in [2.75, 3.05) is 20.1 Å². The molecule has 1 aliphatic heterocycles. The lowest BCUT2D eigenvalue weighted by atomic mass is 9.79. The van der Waals surface area contributed by atoms with Crippen LogP contribution < -0.4 is 0 Å². The highest BCUT2D eigenvalue weighted by Crippen LogP contribution is 2.37. The Morgan fingerprint density at radius 3 is 2.13 bits per heavy atom. The zero-order valence-corrected chi connectivity index (χ0v) is 13.7. The molecule has 2 aromatic carbocycles. The summed E-state index contributed by atoms with van der Waals surface area (Å²) in [6.45, 7) is 2.99. The van der Waals surface area contributed by atoms with Crippen LogP contribution in [0.3, 0.4) is 0 Å². The molecular formula is C20H24N2O. The molecular weight excluding hydrogens is 284 g/mol. The number of nitrogens with zero attached hydrogens (tertiary/aromatic N) is 2. The Morgan fingerprint density at radius 1 is 1.00 bits per heavy atom. The second-order valence-electron chi connectivity index (χ2n) is 6.38. The second kappa shape index (κ2) is 6.97. The molecule has 0 atom stereocenters. The molecule has 0 radical (unpaired) electrons. The van der Waals surface area contributed by atoms with Crippen molar-refractivity contribution >= 4 is 6.41 Å². The van der Waals surface area contributed by atoms with E-state index < -0.39 is 0 Å². The van der Waals surface area contributed by atoms with Crippen molar-refractivity contribution in [2.24, 2.45) is 0 Å². The molecule has 3 nitrogen and oxygen atoms in total. The predicted molar refractivity (Wildman–Crippen MR) is 92.9 cm³/mol. The number of hydrogen-bond acceptors (Lipinski definition) is 2. The molecule has 3 rings (SSSR count). The van der Waals surface area contributed by atoms with Crippen molar-refractivity contribution in [1.29, 1.82) is 0 Å². The average molecular weight is 308 g/mol. The fraction of sp³-hybridized carbons (Fsp3) is 0.350. The fourth-order valence-corrected chi connectivity index (χ4v) is 3.62. The first-order valence-electron chi connectivity index (χ1n) is 8.25. The lowest BCUT2D eigenvalue weighted by Gasteiger charge is -2.46. The molecule has 1 amide bonds. The minimum Gasteiger partial charge on any atom is -0.338 e. The summed E-state index contributed by atoms with van der Waals surface area (Å²) < 4.78 is 0. The zero-order valence-electron chi connectivity index (χ0n) is 13.7. The molecule has 1 fully saturated rings. The lowest BCUT2D eigenvalue weighted by molar-refractivity contribution is -0.124. The van der Waals surface area contributed by atoms with Crippen LogP contribution in [0.5, 0.6) is 0 Å². The number of likely N-dealkylation sites (tertiary alicyclic amines) is 1. The van der Waals surface area contributed by atoms with E-state index in [9.17, 15) is 4.79 Å². The van der Waals surface area contributed by atoms with Gasteiger partial charge in [0.05, 0.1) is 5.54 Å². The summed E-state index contributed by atoms with van der Waals surface area (Å²) in [6, 6.07) is 21.0. The topological polar surface area (TPSA) is 23.6 Å². The predicted octanol–water partition coefficient (Wildman–Crippen LogP) is 3.27. The molecule has 0 saturated carbocycles. The Hall–Kier alpha value is -2.13.